The van der Waals surface area contributed by atoms with Crippen molar-refractivity contribution in [3.05, 3.63) is 54.0 Å². The minimum absolute atomic E-state index is 0.0772. The van der Waals surface area contributed by atoms with Gasteiger partial charge in [0.25, 0.3) is 11.8 Å². The normalized spacial score (nSPS) is 17.6. The SMILES string of the molecule is O=C(c1cc(C(=O)N2CCCCC2)c2cc(O)ncc2c1)N1CCC(n2cccn2)CC1. The van der Waals surface area contributed by atoms with Crippen LogP contribution in [0.5, 0.6) is 5.88 Å². The Morgan fingerprint density at radius 1 is 0.938 bits per heavy atom. The average Bonchev–Trinajstić information content (AvgIpc) is 3.38. The highest BCUT2D eigenvalue weighted by Crippen LogP contribution is 2.28. The molecule has 0 spiro atoms. The van der Waals surface area contributed by atoms with E-state index in [2.05, 4.69) is 10.1 Å². The molecule has 2 fully saturated rings. The Morgan fingerprint density at radius 2 is 1.69 bits per heavy atom. The van der Waals surface area contributed by atoms with Gasteiger partial charge in [-0.2, -0.15) is 5.10 Å². The lowest BCUT2D eigenvalue weighted by atomic mass is 9.98. The van der Waals surface area contributed by atoms with Crippen molar-refractivity contribution in [3.8, 4) is 5.88 Å². The number of aromatic nitrogens is 3. The summed E-state index contributed by atoms with van der Waals surface area (Å²) in [4.78, 5) is 34.4. The molecule has 0 unspecified atom stereocenters. The lowest BCUT2D eigenvalue weighted by Crippen LogP contribution is -2.39. The maximum absolute atomic E-state index is 13.4. The fourth-order valence-electron chi connectivity index (χ4n) is 4.83. The standard InChI is InChI=1S/C24H27N5O3/c30-22-15-20-18(16-25-22)13-17(14-21(20)24(32)27-8-2-1-3-9-27)23(31)28-11-5-19(6-12-28)29-10-4-7-26-29/h4,7,10,13-16,19H,1-3,5-6,8-9,11-12H2,(H,25,30). The fraction of sp³-hybridized carbons (Fsp3) is 0.417. The van der Waals surface area contributed by atoms with Gasteiger partial charge in [-0.25, -0.2) is 4.98 Å². The first-order valence-electron chi connectivity index (χ1n) is 11.3. The molecule has 5 rings (SSSR count). The van der Waals surface area contributed by atoms with Gasteiger partial charge in [-0.3, -0.25) is 14.3 Å². The van der Waals surface area contributed by atoms with Crippen LogP contribution in [0.4, 0.5) is 0 Å². The van der Waals surface area contributed by atoms with Gasteiger partial charge in [-0.1, -0.05) is 0 Å². The van der Waals surface area contributed by atoms with Gasteiger partial charge >= 0.3 is 0 Å². The molecule has 2 saturated heterocycles. The molecule has 0 radical (unpaired) electrons. The minimum Gasteiger partial charge on any atom is -0.493 e. The number of rotatable bonds is 3. The lowest BCUT2D eigenvalue weighted by molar-refractivity contribution is 0.0690. The summed E-state index contributed by atoms with van der Waals surface area (Å²) >= 11 is 0. The van der Waals surface area contributed by atoms with E-state index in [-0.39, 0.29) is 17.7 Å². The zero-order valence-corrected chi connectivity index (χ0v) is 18.0. The van der Waals surface area contributed by atoms with Crippen molar-refractivity contribution in [2.75, 3.05) is 26.2 Å². The first-order chi connectivity index (χ1) is 15.6. The molecule has 0 bridgehead atoms. The number of pyridine rings is 1. The number of fused-ring (bicyclic) bond motifs is 1. The van der Waals surface area contributed by atoms with Gasteiger partial charge in [0.1, 0.15) is 0 Å². The number of likely N-dealkylation sites (tertiary alicyclic amines) is 2. The molecule has 1 aromatic carbocycles. The van der Waals surface area contributed by atoms with Gasteiger partial charge in [0, 0.05) is 72.7 Å². The van der Waals surface area contributed by atoms with Crippen LogP contribution in [0.2, 0.25) is 0 Å². The smallest absolute Gasteiger partial charge is 0.254 e. The molecule has 3 aromatic rings. The van der Waals surface area contributed by atoms with Crippen LogP contribution in [0, 0.1) is 0 Å². The van der Waals surface area contributed by atoms with Gasteiger partial charge in [-0.15, -0.1) is 0 Å². The first-order valence-corrected chi connectivity index (χ1v) is 11.3. The van der Waals surface area contributed by atoms with E-state index in [4.69, 9.17) is 0 Å². The van der Waals surface area contributed by atoms with Crippen molar-refractivity contribution in [3.63, 3.8) is 0 Å². The van der Waals surface area contributed by atoms with Crippen LogP contribution in [-0.2, 0) is 0 Å². The summed E-state index contributed by atoms with van der Waals surface area (Å²) in [5.74, 6) is -0.302. The molecule has 2 aliphatic heterocycles. The predicted molar refractivity (Wildman–Crippen MR) is 120 cm³/mol. The molecular formula is C24H27N5O3. The Balaban J connectivity index is 1.43. The molecular weight excluding hydrogens is 406 g/mol. The van der Waals surface area contributed by atoms with E-state index in [0.29, 0.717) is 41.0 Å². The Kier molecular flexibility index (Phi) is 5.51. The second-order valence-corrected chi connectivity index (χ2v) is 8.65. The minimum atomic E-state index is -0.134. The van der Waals surface area contributed by atoms with Crippen LogP contribution in [0.25, 0.3) is 10.8 Å². The van der Waals surface area contributed by atoms with Gasteiger partial charge < -0.3 is 14.9 Å². The van der Waals surface area contributed by atoms with Gasteiger partial charge in [0.15, 0.2) is 0 Å². The Morgan fingerprint density at radius 3 is 2.41 bits per heavy atom. The largest absolute Gasteiger partial charge is 0.493 e. The van der Waals surface area contributed by atoms with E-state index in [1.165, 1.54) is 12.3 Å². The van der Waals surface area contributed by atoms with Crippen LogP contribution in [0.1, 0.15) is 58.9 Å². The quantitative estimate of drug-likeness (QED) is 0.685. The van der Waals surface area contributed by atoms with Crippen molar-refractivity contribution in [2.24, 2.45) is 0 Å². The second kappa shape index (κ2) is 8.61. The third kappa shape index (κ3) is 3.92. The van der Waals surface area contributed by atoms with Crippen LogP contribution >= 0.6 is 0 Å². The molecule has 166 valence electrons. The topological polar surface area (TPSA) is 91.6 Å². The van der Waals surface area contributed by atoms with Crippen molar-refractivity contribution >= 4 is 22.6 Å². The summed E-state index contributed by atoms with van der Waals surface area (Å²) in [6, 6.07) is 7.20. The van der Waals surface area contributed by atoms with Crippen molar-refractivity contribution < 1.29 is 14.7 Å². The van der Waals surface area contributed by atoms with Crippen molar-refractivity contribution in [1.82, 2.24) is 24.6 Å². The molecule has 0 atom stereocenters. The van der Waals surface area contributed by atoms with E-state index in [0.717, 1.165) is 45.2 Å². The van der Waals surface area contributed by atoms with Gasteiger partial charge in [0.2, 0.25) is 5.88 Å². The number of benzene rings is 1. The maximum Gasteiger partial charge on any atom is 0.254 e. The Bertz CT molecular complexity index is 1130. The highest BCUT2D eigenvalue weighted by Gasteiger charge is 2.27. The van der Waals surface area contributed by atoms with Crippen LogP contribution in [-0.4, -0.2) is 67.7 Å². The first kappa shape index (κ1) is 20.5. The average molecular weight is 434 g/mol. The zero-order chi connectivity index (χ0) is 22.1. The Hall–Kier alpha value is -3.42. The molecule has 32 heavy (non-hydrogen) atoms. The summed E-state index contributed by atoms with van der Waals surface area (Å²) in [7, 11) is 0. The second-order valence-electron chi connectivity index (χ2n) is 8.65. The molecule has 0 saturated carbocycles. The highest BCUT2D eigenvalue weighted by molar-refractivity contribution is 6.10. The lowest BCUT2D eigenvalue weighted by Gasteiger charge is -2.32. The van der Waals surface area contributed by atoms with Gasteiger partial charge in [-0.05, 0) is 50.3 Å². The molecule has 8 heteroatoms. The van der Waals surface area contributed by atoms with E-state index in [9.17, 15) is 14.7 Å². The molecule has 0 aliphatic carbocycles. The number of aromatic hydroxyl groups is 1. The Labute approximate surface area is 186 Å². The van der Waals surface area contributed by atoms with Crippen molar-refractivity contribution in [1.29, 1.82) is 0 Å². The van der Waals surface area contributed by atoms with Crippen LogP contribution in [0.3, 0.4) is 0 Å². The summed E-state index contributed by atoms with van der Waals surface area (Å²) < 4.78 is 1.96. The van der Waals surface area contributed by atoms with Crippen LogP contribution in [0.15, 0.2) is 42.9 Å². The molecule has 4 heterocycles. The number of carbonyl (C=O) groups is 2. The number of amides is 2. The van der Waals surface area contributed by atoms with E-state index < -0.39 is 0 Å². The van der Waals surface area contributed by atoms with E-state index in [1.54, 1.807) is 18.3 Å². The van der Waals surface area contributed by atoms with Gasteiger partial charge in [0.05, 0.1) is 6.04 Å². The van der Waals surface area contributed by atoms with E-state index in [1.807, 2.05) is 26.7 Å². The maximum atomic E-state index is 13.4. The number of carbonyl (C=O) groups excluding carboxylic acids is 2. The van der Waals surface area contributed by atoms with Crippen LogP contribution < -0.4 is 0 Å². The number of piperidine rings is 2. The van der Waals surface area contributed by atoms with Crippen molar-refractivity contribution in [2.45, 2.75) is 38.1 Å². The summed E-state index contributed by atoms with van der Waals surface area (Å²) in [5, 5.41) is 15.6. The third-order valence-electron chi connectivity index (χ3n) is 6.59. The number of nitrogens with zero attached hydrogens (tertiary/aromatic N) is 5. The zero-order valence-electron chi connectivity index (χ0n) is 18.0. The van der Waals surface area contributed by atoms with E-state index >= 15 is 0 Å². The summed E-state index contributed by atoms with van der Waals surface area (Å²) in [6.45, 7) is 2.72. The monoisotopic (exact) mass is 433 g/mol. The molecule has 1 N–H and O–H groups in total. The fourth-order valence-corrected chi connectivity index (χ4v) is 4.83. The number of hydrogen-bond acceptors (Lipinski definition) is 5. The predicted octanol–water partition coefficient (Wildman–Crippen LogP) is 3.24. The molecule has 2 aromatic heterocycles. The highest BCUT2D eigenvalue weighted by atomic mass is 16.3. The number of hydrogen-bond donors (Lipinski definition) is 1. The molecule has 2 aliphatic rings. The molecule has 8 nitrogen and oxygen atoms in total. The summed E-state index contributed by atoms with van der Waals surface area (Å²) in [5.41, 5.74) is 0.944. The summed E-state index contributed by atoms with van der Waals surface area (Å²) in [6.07, 6.45) is 10.1. The third-order valence-corrected chi connectivity index (χ3v) is 6.59. The molecule has 2 amide bonds.